The molecule has 0 bridgehead atoms. The summed E-state index contributed by atoms with van der Waals surface area (Å²) in [7, 11) is 1.67. The number of aromatic nitrogens is 3. The number of methoxy groups -OCH3 is 1. The van der Waals surface area contributed by atoms with E-state index in [0.29, 0.717) is 17.1 Å². The fourth-order valence-corrected chi connectivity index (χ4v) is 2.64. The van der Waals surface area contributed by atoms with Gasteiger partial charge in [0.15, 0.2) is 5.16 Å². The van der Waals surface area contributed by atoms with Gasteiger partial charge in [0.05, 0.1) is 7.11 Å². The van der Waals surface area contributed by atoms with Crippen LogP contribution in [-0.2, 0) is 5.75 Å². The van der Waals surface area contributed by atoms with Gasteiger partial charge >= 0.3 is 0 Å². The zero-order valence-electron chi connectivity index (χ0n) is 14.0. The molecule has 1 aromatic carbocycles. The maximum Gasteiger partial charge on any atom is 0.228 e. The zero-order valence-corrected chi connectivity index (χ0v) is 14.8. The number of thioether (sulfide) groups is 1. The number of hydrogen-bond acceptors (Lipinski definition) is 7. The third kappa shape index (κ3) is 5.59. The van der Waals surface area contributed by atoms with Gasteiger partial charge in [-0.05, 0) is 38.5 Å². The topological polar surface area (TPSA) is 72.0 Å². The van der Waals surface area contributed by atoms with Crippen LogP contribution in [0.3, 0.4) is 0 Å². The van der Waals surface area contributed by atoms with Crippen LogP contribution in [0.2, 0.25) is 0 Å². The van der Waals surface area contributed by atoms with Gasteiger partial charge in [-0.15, -0.1) is 0 Å². The molecular weight excluding hydrogens is 310 g/mol. The van der Waals surface area contributed by atoms with Gasteiger partial charge in [-0.1, -0.05) is 23.9 Å². The molecule has 0 saturated heterocycles. The van der Waals surface area contributed by atoms with Crippen LogP contribution in [0.4, 0.5) is 11.9 Å². The minimum Gasteiger partial charge on any atom is -0.497 e. The Hall–Kier alpha value is -2.02. The van der Waals surface area contributed by atoms with Crippen LogP contribution in [0.15, 0.2) is 29.4 Å². The molecule has 0 unspecified atom stereocenters. The van der Waals surface area contributed by atoms with Gasteiger partial charge in [-0.3, -0.25) is 0 Å². The Labute approximate surface area is 141 Å². The van der Waals surface area contributed by atoms with Gasteiger partial charge in [0.2, 0.25) is 11.9 Å². The number of anilines is 2. The Morgan fingerprint density at radius 1 is 1.09 bits per heavy atom. The van der Waals surface area contributed by atoms with E-state index in [1.807, 2.05) is 31.2 Å². The molecule has 0 saturated carbocycles. The highest BCUT2D eigenvalue weighted by Crippen LogP contribution is 2.22. The first-order valence-electron chi connectivity index (χ1n) is 7.63. The quantitative estimate of drug-likeness (QED) is 0.717. The minimum atomic E-state index is 0.270. The summed E-state index contributed by atoms with van der Waals surface area (Å²) in [5.74, 6) is 2.85. The summed E-state index contributed by atoms with van der Waals surface area (Å²) in [4.78, 5) is 13.3. The summed E-state index contributed by atoms with van der Waals surface area (Å²) in [6.07, 6.45) is 0. The molecule has 1 heterocycles. The zero-order chi connectivity index (χ0) is 16.7. The number of benzene rings is 1. The summed E-state index contributed by atoms with van der Waals surface area (Å²) in [5.41, 5.74) is 1.19. The van der Waals surface area contributed by atoms with Gasteiger partial charge in [-0.2, -0.15) is 15.0 Å². The first-order valence-corrected chi connectivity index (χ1v) is 8.61. The van der Waals surface area contributed by atoms with Crippen molar-refractivity contribution in [2.45, 2.75) is 37.7 Å². The molecule has 0 fully saturated rings. The third-order valence-corrected chi connectivity index (χ3v) is 3.81. The molecule has 2 aromatic rings. The van der Waals surface area contributed by atoms with Crippen molar-refractivity contribution in [1.82, 2.24) is 15.0 Å². The van der Waals surface area contributed by atoms with E-state index < -0.39 is 0 Å². The van der Waals surface area contributed by atoms with Crippen LogP contribution in [0.1, 0.15) is 26.3 Å². The molecule has 0 spiro atoms. The van der Waals surface area contributed by atoms with Gasteiger partial charge in [0.1, 0.15) is 5.75 Å². The molecule has 23 heavy (non-hydrogen) atoms. The van der Waals surface area contributed by atoms with Crippen LogP contribution in [-0.4, -0.2) is 34.6 Å². The van der Waals surface area contributed by atoms with Crippen molar-refractivity contribution in [3.05, 3.63) is 29.8 Å². The van der Waals surface area contributed by atoms with E-state index in [4.69, 9.17) is 4.74 Å². The second-order valence-corrected chi connectivity index (χ2v) is 6.17. The largest absolute Gasteiger partial charge is 0.497 e. The summed E-state index contributed by atoms with van der Waals surface area (Å²) in [6.45, 7) is 6.90. The van der Waals surface area contributed by atoms with Crippen LogP contribution < -0.4 is 15.4 Å². The Bertz CT molecular complexity index is 618. The van der Waals surface area contributed by atoms with Gasteiger partial charge in [0, 0.05) is 18.3 Å². The molecule has 0 radical (unpaired) electrons. The Morgan fingerprint density at radius 2 is 1.78 bits per heavy atom. The highest BCUT2D eigenvalue weighted by molar-refractivity contribution is 7.98. The molecule has 2 rings (SSSR count). The smallest absolute Gasteiger partial charge is 0.228 e. The van der Waals surface area contributed by atoms with Crippen molar-refractivity contribution in [2.75, 3.05) is 24.3 Å². The first kappa shape index (κ1) is 17.3. The fourth-order valence-electron chi connectivity index (χ4n) is 1.85. The molecule has 0 amide bonds. The van der Waals surface area contributed by atoms with E-state index in [1.165, 1.54) is 5.56 Å². The molecular formula is C16H23N5OS. The van der Waals surface area contributed by atoms with Crippen LogP contribution in [0.25, 0.3) is 0 Å². The molecule has 0 aliphatic heterocycles. The molecule has 2 N–H and O–H groups in total. The van der Waals surface area contributed by atoms with E-state index in [1.54, 1.807) is 18.9 Å². The van der Waals surface area contributed by atoms with E-state index >= 15 is 0 Å². The van der Waals surface area contributed by atoms with Crippen molar-refractivity contribution in [3.63, 3.8) is 0 Å². The second-order valence-electron chi connectivity index (χ2n) is 5.23. The monoisotopic (exact) mass is 333 g/mol. The standard InChI is InChI=1S/C16H23N5OS/c1-5-17-14-19-15(18-11(2)3)21-16(20-14)23-10-12-6-8-13(22-4)9-7-12/h6-9,11H,5,10H2,1-4H3,(H2,17,18,19,20,21). The number of rotatable bonds is 8. The average Bonchev–Trinajstić information content (AvgIpc) is 2.53. The average molecular weight is 333 g/mol. The minimum absolute atomic E-state index is 0.270. The molecule has 0 aliphatic carbocycles. The summed E-state index contributed by atoms with van der Waals surface area (Å²) in [6, 6.07) is 8.28. The van der Waals surface area contributed by atoms with E-state index in [0.717, 1.165) is 18.0 Å². The van der Waals surface area contributed by atoms with Gasteiger partial charge < -0.3 is 15.4 Å². The van der Waals surface area contributed by atoms with E-state index in [9.17, 15) is 0 Å². The highest BCUT2D eigenvalue weighted by Gasteiger charge is 2.08. The fraction of sp³-hybridized carbons (Fsp3) is 0.438. The van der Waals surface area contributed by atoms with Crippen molar-refractivity contribution in [1.29, 1.82) is 0 Å². The maximum atomic E-state index is 5.17. The Balaban J connectivity index is 2.08. The molecule has 1 aromatic heterocycles. The second kappa shape index (κ2) is 8.57. The number of nitrogens with one attached hydrogen (secondary N) is 2. The lowest BCUT2D eigenvalue weighted by molar-refractivity contribution is 0.414. The summed E-state index contributed by atoms with van der Waals surface area (Å²) < 4.78 is 5.17. The summed E-state index contributed by atoms with van der Waals surface area (Å²) in [5, 5.41) is 7.07. The summed E-state index contributed by atoms with van der Waals surface area (Å²) >= 11 is 1.59. The first-order chi connectivity index (χ1) is 11.1. The lowest BCUT2D eigenvalue weighted by atomic mass is 10.2. The van der Waals surface area contributed by atoms with Crippen molar-refractivity contribution in [3.8, 4) is 5.75 Å². The number of hydrogen-bond donors (Lipinski definition) is 2. The van der Waals surface area contributed by atoms with E-state index in [2.05, 4.69) is 39.4 Å². The van der Waals surface area contributed by atoms with Crippen molar-refractivity contribution in [2.24, 2.45) is 0 Å². The van der Waals surface area contributed by atoms with Crippen LogP contribution in [0.5, 0.6) is 5.75 Å². The lowest BCUT2D eigenvalue weighted by Crippen LogP contribution is -2.15. The Morgan fingerprint density at radius 3 is 2.39 bits per heavy atom. The van der Waals surface area contributed by atoms with E-state index in [-0.39, 0.29) is 6.04 Å². The lowest BCUT2D eigenvalue weighted by Gasteiger charge is -2.11. The number of nitrogens with zero attached hydrogens (tertiary/aromatic N) is 3. The molecule has 7 heteroatoms. The third-order valence-electron chi connectivity index (χ3n) is 2.89. The molecule has 0 aliphatic rings. The normalized spacial score (nSPS) is 10.7. The maximum absolute atomic E-state index is 5.17. The van der Waals surface area contributed by atoms with Crippen molar-refractivity contribution >= 4 is 23.7 Å². The SMILES string of the molecule is CCNc1nc(NC(C)C)nc(SCc2ccc(OC)cc2)n1. The predicted octanol–water partition coefficient (Wildman–Crippen LogP) is 3.42. The van der Waals surface area contributed by atoms with Crippen LogP contribution >= 0.6 is 11.8 Å². The van der Waals surface area contributed by atoms with Crippen LogP contribution in [0, 0.1) is 0 Å². The predicted molar refractivity (Wildman–Crippen MR) is 95.3 cm³/mol. The molecule has 6 nitrogen and oxygen atoms in total. The molecule has 124 valence electrons. The number of ether oxygens (including phenoxy) is 1. The Kier molecular flexibility index (Phi) is 6.46. The van der Waals surface area contributed by atoms with Gasteiger partial charge in [-0.25, -0.2) is 0 Å². The van der Waals surface area contributed by atoms with Gasteiger partial charge in [0.25, 0.3) is 0 Å². The molecule has 0 atom stereocenters. The highest BCUT2D eigenvalue weighted by atomic mass is 32.2. The van der Waals surface area contributed by atoms with Crippen molar-refractivity contribution < 1.29 is 4.74 Å².